The van der Waals surface area contributed by atoms with Crippen molar-refractivity contribution in [1.29, 1.82) is 0 Å². The van der Waals surface area contributed by atoms with Gasteiger partial charge in [0.15, 0.2) is 0 Å². The topological polar surface area (TPSA) is 78.4 Å². The first kappa shape index (κ1) is 14.7. The number of rotatable bonds is 6. The van der Waals surface area contributed by atoms with E-state index in [2.05, 4.69) is 10.6 Å². The van der Waals surface area contributed by atoms with Crippen LogP contribution in [0, 0.1) is 0 Å². The number of aliphatic hydroxyl groups is 1. The van der Waals surface area contributed by atoms with E-state index in [1.807, 2.05) is 10.8 Å². The Morgan fingerprint density at radius 2 is 1.90 bits per heavy atom. The smallest absolute Gasteiger partial charge is 0.252 e. The van der Waals surface area contributed by atoms with Crippen LogP contribution in [0.25, 0.3) is 0 Å². The van der Waals surface area contributed by atoms with Gasteiger partial charge in [0.2, 0.25) is 5.91 Å². The lowest BCUT2D eigenvalue weighted by atomic mass is 10.2. The molecule has 5 nitrogen and oxygen atoms in total. The van der Waals surface area contributed by atoms with Crippen molar-refractivity contribution in [2.45, 2.75) is 6.10 Å². The molecule has 0 aliphatic carbocycles. The summed E-state index contributed by atoms with van der Waals surface area (Å²) in [5, 5.41) is 22.1. The van der Waals surface area contributed by atoms with Crippen molar-refractivity contribution in [3.8, 4) is 0 Å². The van der Waals surface area contributed by atoms with Crippen LogP contribution in [0.2, 0.25) is 0 Å². The fourth-order valence-electron chi connectivity index (χ4n) is 1.51. The van der Waals surface area contributed by atoms with Crippen molar-refractivity contribution >= 4 is 34.5 Å². The van der Waals surface area contributed by atoms with Crippen LogP contribution in [-0.2, 0) is 4.79 Å². The van der Waals surface area contributed by atoms with Crippen molar-refractivity contribution in [2.24, 2.45) is 0 Å². The van der Waals surface area contributed by atoms with Crippen molar-refractivity contribution in [1.82, 2.24) is 10.6 Å². The highest BCUT2D eigenvalue weighted by atomic mass is 32.1. The molecule has 2 amide bonds. The van der Waals surface area contributed by atoms with Crippen LogP contribution < -0.4 is 10.6 Å². The zero-order valence-electron chi connectivity index (χ0n) is 10.5. The first-order chi connectivity index (χ1) is 9.66. The summed E-state index contributed by atoms with van der Waals surface area (Å²) in [5.41, 5.74) is 1.32. The number of carbonyl (C=O) groups excluding carboxylic acids is 2. The van der Waals surface area contributed by atoms with E-state index in [0.29, 0.717) is 5.56 Å². The van der Waals surface area contributed by atoms with Gasteiger partial charge >= 0.3 is 0 Å². The Hall–Kier alpha value is -1.70. The first-order valence-corrected chi connectivity index (χ1v) is 7.82. The maximum absolute atomic E-state index is 11.6. The molecule has 0 spiro atoms. The minimum absolute atomic E-state index is 0.106. The number of carbonyl (C=O) groups is 2. The predicted octanol–water partition coefficient (Wildman–Crippen LogP) is 1.39. The number of hydrogen-bond donors (Lipinski definition) is 3. The number of amides is 2. The Morgan fingerprint density at radius 1 is 1.15 bits per heavy atom. The van der Waals surface area contributed by atoms with E-state index < -0.39 is 6.10 Å². The lowest BCUT2D eigenvalue weighted by Crippen LogP contribution is -2.38. The largest absolute Gasteiger partial charge is 0.387 e. The van der Waals surface area contributed by atoms with Gasteiger partial charge in [-0.05, 0) is 33.8 Å². The summed E-state index contributed by atoms with van der Waals surface area (Å²) >= 11 is 2.91. The Bertz CT molecular complexity index is 552. The lowest BCUT2D eigenvalue weighted by Gasteiger charge is -2.10. The van der Waals surface area contributed by atoms with Gasteiger partial charge in [0.05, 0.1) is 12.6 Å². The molecule has 0 radical (unpaired) electrons. The van der Waals surface area contributed by atoms with E-state index in [1.165, 1.54) is 22.7 Å². The van der Waals surface area contributed by atoms with Crippen LogP contribution in [0.15, 0.2) is 33.7 Å². The highest BCUT2D eigenvalue weighted by Gasteiger charge is 2.11. The SMILES string of the molecule is O=C(CNC(=O)c1ccsc1)NCC(O)c1ccsc1. The molecular weight excluding hydrogens is 296 g/mol. The minimum atomic E-state index is -0.724. The molecule has 3 N–H and O–H groups in total. The van der Waals surface area contributed by atoms with E-state index in [9.17, 15) is 14.7 Å². The highest BCUT2D eigenvalue weighted by molar-refractivity contribution is 7.08. The summed E-state index contributed by atoms with van der Waals surface area (Å²) in [6.07, 6.45) is -0.724. The van der Waals surface area contributed by atoms with Crippen LogP contribution in [0.5, 0.6) is 0 Å². The zero-order chi connectivity index (χ0) is 14.4. The summed E-state index contributed by atoms with van der Waals surface area (Å²) in [4.78, 5) is 23.2. The van der Waals surface area contributed by atoms with Gasteiger partial charge in [-0.3, -0.25) is 9.59 Å². The maximum atomic E-state index is 11.6. The highest BCUT2D eigenvalue weighted by Crippen LogP contribution is 2.14. The summed E-state index contributed by atoms with van der Waals surface area (Å²) in [5.74, 6) is -0.609. The van der Waals surface area contributed by atoms with Crippen molar-refractivity contribution in [3.05, 3.63) is 44.8 Å². The number of aliphatic hydroxyl groups excluding tert-OH is 1. The van der Waals surface area contributed by atoms with E-state index >= 15 is 0 Å². The van der Waals surface area contributed by atoms with Crippen LogP contribution in [-0.4, -0.2) is 30.0 Å². The molecule has 0 aromatic carbocycles. The Labute approximate surface area is 124 Å². The van der Waals surface area contributed by atoms with Gasteiger partial charge in [-0.2, -0.15) is 22.7 Å². The van der Waals surface area contributed by atoms with Gasteiger partial charge in [-0.25, -0.2) is 0 Å². The van der Waals surface area contributed by atoms with Crippen molar-refractivity contribution < 1.29 is 14.7 Å². The van der Waals surface area contributed by atoms with Crippen molar-refractivity contribution in [3.63, 3.8) is 0 Å². The van der Waals surface area contributed by atoms with Crippen LogP contribution >= 0.6 is 22.7 Å². The molecule has 106 valence electrons. The van der Waals surface area contributed by atoms with Gasteiger partial charge in [0.1, 0.15) is 0 Å². The van der Waals surface area contributed by atoms with Crippen molar-refractivity contribution in [2.75, 3.05) is 13.1 Å². The summed E-state index contributed by atoms with van der Waals surface area (Å²) in [6.45, 7) is 0.0227. The lowest BCUT2D eigenvalue weighted by molar-refractivity contribution is -0.120. The molecule has 0 fully saturated rings. The number of nitrogens with one attached hydrogen (secondary N) is 2. The van der Waals surface area contributed by atoms with E-state index in [0.717, 1.165) is 5.56 Å². The average Bonchev–Trinajstić information content (AvgIpc) is 3.14. The molecule has 0 aliphatic heterocycles. The Balaban J connectivity index is 1.69. The predicted molar refractivity (Wildman–Crippen MR) is 78.9 cm³/mol. The second kappa shape index (κ2) is 7.18. The van der Waals surface area contributed by atoms with E-state index in [1.54, 1.807) is 22.9 Å². The minimum Gasteiger partial charge on any atom is -0.387 e. The average molecular weight is 310 g/mol. The van der Waals surface area contributed by atoms with Gasteiger partial charge in [-0.15, -0.1) is 0 Å². The molecule has 2 aromatic rings. The molecule has 0 bridgehead atoms. The summed E-state index contributed by atoms with van der Waals surface area (Å²) < 4.78 is 0. The third-order valence-electron chi connectivity index (χ3n) is 2.61. The molecule has 0 saturated heterocycles. The molecule has 2 aromatic heterocycles. The normalized spacial score (nSPS) is 11.8. The second-order valence-electron chi connectivity index (χ2n) is 4.07. The Kier molecular flexibility index (Phi) is 5.28. The van der Waals surface area contributed by atoms with Gasteiger partial charge in [0, 0.05) is 17.5 Å². The second-order valence-corrected chi connectivity index (χ2v) is 5.63. The molecule has 1 unspecified atom stereocenters. The first-order valence-electron chi connectivity index (χ1n) is 5.94. The molecule has 0 saturated carbocycles. The maximum Gasteiger partial charge on any atom is 0.252 e. The third kappa shape index (κ3) is 4.16. The van der Waals surface area contributed by atoms with E-state index in [4.69, 9.17) is 0 Å². The fourth-order valence-corrected chi connectivity index (χ4v) is 2.85. The van der Waals surface area contributed by atoms with Crippen LogP contribution in [0.1, 0.15) is 22.0 Å². The monoisotopic (exact) mass is 310 g/mol. The molecular formula is C13H14N2O3S2. The summed E-state index contributed by atoms with van der Waals surface area (Å²) in [7, 11) is 0. The van der Waals surface area contributed by atoms with Gasteiger partial charge in [0.25, 0.3) is 5.91 Å². The molecule has 2 heterocycles. The van der Waals surface area contributed by atoms with Gasteiger partial charge < -0.3 is 15.7 Å². The standard InChI is InChI=1S/C13H14N2O3S2/c16-11(9-1-3-19-7-9)5-14-12(17)6-15-13(18)10-2-4-20-8-10/h1-4,7-8,11,16H,5-6H2,(H,14,17)(H,15,18). The van der Waals surface area contributed by atoms with Gasteiger partial charge in [-0.1, -0.05) is 0 Å². The third-order valence-corrected chi connectivity index (χ3v) is 4.00. The molecule has 7 heteroatoms. The number of hydrogen-bond acceptors (Lipinski definition) is 5. The molecule has 20 heavy (non-hydrogen) atoms. The Morgan fingerprint density at radius 3 is 2.55 bits per heavy atom. The summed E-state index contributed by atoms with van der Waals surface area (Å²) in [6, 6.07) is 3.50. The van der Waals surface area contributed by atoms with Crippen LogP contribution in [0.4, 0.5) is 0 Å². The molecule has 2 rings (SSSR count). The van der Waals surface area contributed by atoms with E-state index in [-0.39, 0.29) is 24.9 Å². The van der Waals surface area contributed by atoms with Crippen LogP contribution in [0.3, 0.4) is 0 Å². The fraction of sp³-hybridized carbons (Fsp3) is 0.231. The molecule has 1 atom stereocenters. The quantitative estimate of drug-likeness (QED) is 0.754. The molecule has 0 aliphatic rings. The zero-order valence-corrected chi connectivity index (χ0v) is 12.2. The number of thiophene rings is 2.